The predicted octanol–water partition coefficient (Wildman–Crippen LogP) is 2.14. The monoisotopic (exact) mass is 285 g/mol. The van der Waals surface area contributed by atoms with Crippen LogP contribution in [-0.4, -0.2) is 23.6 Å². The Kier molecular flexibility index (Phi) is 3.97. The average molecular weight is 285 g/mol. The Balaban J connectivity index is 1.94. The summed E-state index contributed by atoms with van der Waals surface area (Å²) in [4.78, 5) is 12.2. The molecule has 0 atom stereocenters. The molecule has 4 nitrogen and oxygen atoms in total. The summed E-state index contributed by atoms with van der Waals surface area (Å²) in [5.41, 5.74) is 10.3. The number of aromatic nitrogens is 1. The molecule has 0 unspecified atom stereocenters. The highest BCUT2D eigenvalue weighted by molar-refractivity contribution is 5.99. The molecule has 2 aromatic rings. The van der Waals surface area contributed by atoms with Gasteiger partial charge in [0.1, 0.15) is 0 Å². The Bertz CT molecular complexity index is 672. The van der Waals surface area contributed by atoms with Gasteiger partial charge in [0.15, 0.2) is 0 Å². The van der Waals surface area contributed by atoms with Crippen molar-refractivity contribution in [1.82, 2.24) is 9.88 Å². The van der Waals surface area contributed by atoms with Crippen LogP contribution in [0.25, 0.3) is 10.9 Å². The van der Waals surface area contributed by atoms with Crippen LogP contribution >= 0.6 is 0 Å². The molecule has 0 fully saturated rings. The second kappa shape index (κ2) is 5.90. The zero-order chi connectivity index (χ0) is 14.8. The smallest absolute Gasteiger partial charge is 0.251 e. The van der Waals surface area contributed by atoms with Crippen molar-refractivity contribution in [2.45, 2.75) is 32.1 Å². The number of hydrogen-bond donors (Lipinski definition) is 2. The van der Waals surface area contributed by atoms with E-state index in [0.717, 1.165) is 24.8 Å². The van der Waals surface area contributed by atoms with Crippen molar-refractivity contribution in [2.24, 2.45) is 12.8 Å². The summed E-state index contributed by atoms with van der Waals surface area (Å²) in [5.74, 6) is -0.00115. The summed E-state index contributed by atoms with van der Waals surface area (Å²) in [7, 11) is 2.13. The Labute approximate surface area is 125 Å². The Morgan fingerprint density at radius 3 is 2.95 bits per heavy atom. The standard InChI is InChI=1S/C17H23N3O/c1-20-15-6-3-2-5-13(15)14-11-12(7-8-16(14)20)17(21)19-10-4-9-18/h7-8,11H,2-6,9-10,18H2,1H3,(H,19,21). The van der Waals surface area contributed by atoms with Crippen LogP contribution in [0.1, 0.15) is 40.9 Å². The second-order valence-corrected chi connectivity index (χ2v) is 5.82. The lowest BCUT2D eigenvalue weighted by atomic mass is 9.95. The fourth-order valence-corrected chi connectivity index (χ4v) is 3.31. The molecular formula is C17H23N3O. The van der Waals surface area contributed by atoms with Gasteiger partial charge >= 0.3 is 0 Å². The number of aryl methyl sites for hydroxylation is 2. The van der Waals surface area contributed by atoms with E-state index < -0.39 is 0 Å². The molecule has 0 saturated carbocycles. The van der Waals surface area contributed by atoms with Crippen molar-refractivity contribution in [2.75, 3.05) is 13.1 Å². The van der Waals surface area contributed by atoms with Crippen LogP contribution in [0.15, 0.2) is 18.2 Å². The van der Waals surface area contributed by atoms with Gasteiger partial charge in [-0.25, -0.2) is 0 Å². The molecule has 1 aromatic heterocycles. The minimum Gasteiger partial charge on any atom is -0.352 e. The van der Waals surface area contributed by atoms with Crippen LogP contribution < -0.4 is 11.1 Å². The highest BCUT2D eigenvalue weighted by Crippen LogP contribution is 2.31. The number of nitrogens with one attached hydrogen (secondary N) is 1. The zero-order valence-corrected chi connectivity index (χ0v) is 12.6. The van der Waals surface area contributed by atoms with Gasteiger partial charge < -0.3 is 15.6 Å². The highest BCUT2D eigenvalue weighted by atomic mass is 16.1. The van der Waals surface area contributed by atoms with Gasteiger partial charge in [-0.3, -0.25) is 4.79 Å². The SMILES string of the molecule is Cn1c2c(c3cc(C(=O)NCCCN)ccc31)CCCC2. The van der Waals surface area contributed by atoms with E-state index in [1.165, 1.54) is 35.0 Å². The van der Waals surface area contributed by atoms with Crippen molar-refractivity contribution >= 4 is 16.8 Å². The Morgan fingerprint density at radius 2 is 2.14 bits per heavy atom. The molecule has 1 aliphatic carbocycles. The average Bonchev–Trinajstić information content (AvgIpc) is 2.81. The molecule has 0 saturated heterocycles. The third-order valence-corrected chi connectivity index (χ3v) is 4.46. The van der Waals surface area contributed by atoms with E-state index >= 15 is 0 Å². The van der Waals surface area contributed by atoms with E-state index in [-0.39, 0.29) is 5.91 Å². The van der Waals surface area contributed by atoms with Crippen LogP contribution in [0.3, 0.4) is 0 Å². The summed E-state index contributed by atoms with van der Waals surface area (Å²) >= 11 is 0. The zero-order valence-electron chi connectivity index (χ0n) is 12.6. The van der Waals surface area contributed by atoms with Crippen molar-refractivity contribution in [1.29, 1.82) is 0 Å². The number of rotatable bonds is 4. The molecule has 21 heavy (non-hydrogen) atoms. The first-order valence-corrected chi connectivity index (χ1v) is 7.81. The van der Waals surface area contributed by atoms with Crippen LogP contribution in [0.4, 0.5) is 0 Å². The van der Waals surface area contributed by atoms with Gasteiger partial charge in [0, 0.05) is 35.8 Å². The van der Waals surface area contributed by atoms with Crippen LogP contribution in [0, 0.1) is 0 Å². The van der Waals surface area contributed by atoms with Crippen LogP contribution in [-0.2, 0) is 19.9 Å². The summed E-state index contributed by atoms with van der Waals surface area (Å²) in [5, 5.41) is 4.17. The molecule has 1 aromatic carbocycles. The number of nitrogens with zero attached hydrogens (tertiary/aromatic N) is 1. The fourth-order valence-electron chi connectivity index (χ4n) is 3.31. The van der Waals surface area contributed by atoms with Gasteiger partial charge in [0.05, 0.1) is 0 Å². The molecule has 0 aliphatic heterocycles. The number of nitrogens with two attached hydrogens (primary N) is 1. The van der Waals surface area contributed by atoms with E-state index in [2.05, 4.69) is 29.1 Å². The topological polar surface area (TPSA) is 60.0 Å². The van der Waals surface area contributed by atoms with Crippen molar-refractivity contribution in [3.05, 3.63) is 35.0 Å². The van der Waals surface area contributed by atoms with E-state index in [9.17, 15) is 4.79 Å². The lowest BCUT2D eigenvalue weighted by Crippen LogP contribution is -2.25. The predicted molar refractivity (Wildman–Crippen MR) is 85.6 cm³/mol. The van der Waals surface area contributed by atoms with E-state index in [4.69, 9.17) is 5.73 Å². The maximum Gasteiger partial charge on any atom is 0.251 e. The first kappa shape index (κ1) is 14.1. The minimum atomic E-state index is -0.00115. The van der Waals surface area contributed by atoms with Gasteiger partial charge in [-0.1, -0.05) is 0 Å². The second-order valence-electron chi connectivity index (χ2n) is 5.82. The van der Waals surface area contributed by atoms with Crippen LogP contribution in [0.5, 0.6) is 0 Å². The quantitative estimate of drug-likeness (QED) is 0.846. The van der Waals surface area contributed by atoms with E-state index in [0.29, 0.717) is 13.1 Å². The van der Waals surface area contributed by atoms with Crippen LogP contribution in [0.2, 0.25) is 0 Å². The number of hydrogen-bond acceptors (Lipinski definition) is 2. The number of benzene rings is 1. The van der Waals surface area contributed by atoms with Crippen molar-refractivity contribution in [3.8, 4) is 0 Å². The maximum atomic E-state index is 12.2. The van der Waals surface area contributed by atoms with E-state index in [1.807, 2.05) is 6.07 Å². The molecule has 1 heterocycles. The molecule has 1 aliphatic rings. The largest absolute Gasteiger partial charge is 0.352 e. The number of fused-ring (bicyclic) bond motifs is 3. The summed E-state index contributed by atoms with van der Waals surface area (Å²) in [6.45, 7) is 1.24. The van der Waals surface area contributed by atoms with Gasteiger partial charge in [-0.2, -0.15) is 0 Å². The Hall–Kier alpha value is -1.81. The molecule has 1 amide bonds. The first-order chi connectivity index (χ1) is 10.2. The van der Waals surface area contributed by atoms with Gasteiger partial charge in [0.25, 0.3) is 5.91 Å². The Morgan fingerprint density at radius 1 is 1.33 bits per heavy atom. The molecule has 0 radical (unpaired) electrons. The molecule has 4 heteroatoms. The molecule has 3 rings (SSSR count). The number of carbonyl (C=O) groups is 1. The third kappa shape index (κ3) is 2.56. The molecule has 0 bridgehead atoms. The normalized spacial score (nSPS) is 14.2. The maximum absolute atomic E-state index is 12.2. The van der Waals surface area contributed by atoms with Gasteiger partial charge in [0.2, 0.25) is 0 Å². The minimum absolute atomic E-state index is 0.00115. The molecular weight excluding hydrogens is 262 g/mol. The lowest BCUT2D eigenvalue weighted by Gasteiger charge is -2.12. The molecule has 112 valence electrons. The van der Waals surface area contributed by atoms with Gasteiger partial charge in [-0.05, 0) is 62.4 Å². The summed E-state index contributed by atoms with van der Waals surface area (Å²) in [6, 6.07) is 6.05. The van der Waals surface area contributed by atoms with Crippen molar-refractivity contribution in [3.63, 3.8) is 0 Å². The lowest BCUT2D eigenvalue weighted by molar-refractivity contribution is 0.0953. The van der Waals surface area contributed by atoms with Crippen molar-refractivity contribution < 1.29 is 4.79 Å². The van der Waals surface area contributed by atoms with Gasteiger partial charge in [-0.15, -0.1) is 0 Å². The number of carbonyl (C=O) groups excluding carboxylic acids is 1. The fraction of sp³-hybridized carbons (Fsp3) is 0.471. The van der Waals surface area contributed by atoms with E-state index in [1.54, 1.807) is 0 Å². The number of amides is 1. The summed E-state index contributed by atoms with van der Waals surface area (Å²) < 4.78 is 2.29. The summed E-state index contributed by atoms with van der Waals surface area (Å²) in [6.07, 6.45) is 5.61. The third-order valence-electron chi connectivity index (χ3n) is 4.46. The first-order valence-electron chi connectivity index (χ1n) is 7.81. The highest BCUT2D eigenvalue weighted by Gasteiger charge is 2.19. The molecule has 3 N–H and O–H groups in total. The molecule has 0 spiro atoms.